The lowest BCUT2D eigenvalue weighted by Gasteiger charge is -2.40. The molecule has 1 fully saturated rings. The summed E-state index contributed by atoms with van der Waals surface area (Å²) >= 11 is 0. The lowest BCUT2D eigenvalue weighted by molar-refractivity contribution is -0.302. The van der Waals surface area contributed by atoms with Gasteiger partial charge in [-0.1, -0.05) is 133 Å². The average Bonchev–Trinajstić information content (AvgIpc) is 3.16. The van der Waals surface area contributed by atoms with Gasteiger partial charge >= 0.3 is 0 Å². The van der Waals surface area contributed by atoms with Gasteiger partial charge in [0.2, 0.25) is 5.91 Å². The fraction of sp³-hybridized carbons (Fsp3) is 0.791. The largest absolute Gasteiger partial charge is 0.394 e. The van der Waals surface area contributed by atoms with E-state index >= 15 is 0 Å². The van der Waals surface area contributed by atoms with Crippen molar-refractivity contribution in [3.05, 3.63) is 48.6 Å². The summed E-state index contributed by atoms with van der Waals surface area (Å²) in [7, 11) is 0. The standard InChI is InChI=1S/C43H77NO9/c1-3-5-7-9-11-13-15-17-18-20-22-24-26-28-30-32-37(47)42(51)44-35(34-52-43-41(50)40(49)39(48)38(33-45)53-43)36(46)31-29-27-25-23-21-19-16-14-12-10-8-6-4-2/h12,14,18,20-21,23,29,31,35-41,43,45-50H,3-11,13,15-17,19,22,24-28,30,32-34H2,1-2H3,(H,44,51)/b14-12+,20-18-,23-21+,31-29+. The number of hydrogen-bond donors (Lipinski definition) is 7. The zero-order valence-electron chi connectivity index (χ0n) is 33.1. The molecular weight excluding hydrogens is 674 g/mol. The van der Waals surface area contributed by atoms with E-state index in [0.717, 1.165) is 57.8 Å². The molecule has 1 saturated heterocycles. The summed E-state index contributed by atoms with van der Waals surface area (Å²) in [5, 5.41) is 64.4. The zero-order chi connectivity index (χ0) is 38.9. The Labute approximate surface area is 321 Å². The third-order valence-electron chi connectivity index (χ3n) is 9.71. The number of hydrogen-bond acceptors (Lipinski definition) is 9. The van der Waals surface area contributed by atoms with E-state index in [1.807, 2.05) is 6.08 Å². The highest BCUT2D eigenvalue weighted by Gasteiger charge is 2.44. The molecule has 53 heavy (non-hydrogen) atoms. The van der Waals surface area contributed by atoms with Gasteiger partial charge < -0.3 is 45.4 Å². The molecule has 10 nitrogen and oxygen atoms in total. The second-order valence-electron chi connectivity index (χ2n) is 14.5. The summed E-state index contributed by atoms with van der Waals surface area (Å²) in [6.45, 7) is 3.51. The molecule has 0 aromatic heterocycles. The smallest absolute Gasteiger partial charge is 0.249 e. The van der Waals surface area contributed by atoms with Crippen LogP contribution in [0.3, 0.4) is 0 Å². The number of aliphatic hydroxyl groups excluding tert-OH is 6. The second-order valence-corrected chi connectivity index (χ2v) is 14.5. The molecule has 1 amide bonds. The van der Waals surface area contributed by atoms with Crippen LogP contribution in [-0.4, -0.2) is 98.7 Å². The minimum Gasteiger partial charge on any atom is -0.394 e. The molecular formula is C43H77NO9. The maximum atomic E-state index is 13.0. The Bertz CT molecular complexity index is 985. The van der Waals surface area contributed by atoms with Crippen LogP contribution < -0.4 is 5.32 Å². The highest BCUT2D eigenvalue weighted by atomic mass is 16.7. The molecule has 10 heteroatoms. The van der Waals surface area contributed by atoms with Crippen molar-refractivity contribution in [1.82, 2.24) is 5.32 Å². The van der Waals surface area contributed by atoms with Crippen molar-refractivity contribution in [2.75, 3.05) is 13.2 Å². The molecule has 0 radical (unpaired) electrons. The van der Waals surface area contributed by atoms with E-state index in [1.54, 1.807) is 6.08 Å². The van der Waals surface area contributed by atoms with Crippen molar-refractivity contribution in [3.63, 3.8) is 0 Å². The van der Waals surface area contributed by atoms with Crippen LogP contribution in [0.25, 0.3) is 0 Å². The predicted molar refractivity (Wildman–Crippen MR) is 213 cm³/mol. The van der Waals surface area contributed by atoms with Gasteiger partial charge in [-0.25, -0.2) is 0 Å². The van der Waals surface area contributed by atoms with Gasteiger partial charge in [0.05, 0.1) is 25.4 Å². The molecule has 0 saturated carbocycles. The van der Waals surface area contributed by atoms with Crippen LogP contribution in [-0.2, 0) is 14.3 Å². The Morgan fingerprint density at radius 3 is 1.68 bits per heavy atom. The van der Waals surface area contributed by atoms with Gasteiger partial charge in [0, 0.05) is 0 Å². The fourth-order valence-electron chi connectivity index (χ4n) is 6.19. The molecule has 0 spiro atoms. The number of allylic oxidation sites excluding steroid dienone is 7. The van der Waals surface area contributed by atoms with E-state index in [2.05, 4.69) is 55.6 Å². The van der Waals surface area contributed by atoms with E-state index in [9.17, 15) is 35.4 Å². The number of carbonyl (C=O) groups excluding carboxylic acids is 1. The summed E-state index contributed by atoms with van der Waals surface area (Å²) < 4.78 is 11.1. The molecule has 7 N–H and O–H groups in total. The number of nitrogens with one attached hydrogen (secondary N) is 1. The van der Waals surface area contributed by atoms with E-state index < -0.39 is 61.5 Å². The van der Waals surface area contributed by atoms with Crippen LogP contribution in [0.15, 0.2) is 48.6 Å². The molecule has 308 valence electrons. The molecule has 0 bridgehead atoms. The maximum Gasteiger partial charge on any atom is 0.249 e. The molecule has 1 heterocycles. The molecule has 1 aliphatic heterocycles. The summed E-state index contributed by atoms with van der Waals surface area (Å²) in [5.41, 5.74) is 0. The van der Waals surface area contributed by atoms with Crippen LogP contribution in [0.5, 0.6) is 0 Å². The maximum absolute atomic E-state index is 13.0. The van der Waals surface area contributed by atoms with Crippen molar-refractivity contribution >= 4 is 5.91 Å². The minimum atomic E-state index is -1.62. The van der Waals surface area contributed by atoms with Gasteiger partial charge in [0.25, 0.3) is 0 Å². The summed E-state index contributed by atoms with van der Waals surface area (Å²) in [6, 6.07) is -1.01. The monoisotopic (exact) mass is 752 g/mol. The highest BCUT2D eigenvalue weighted by molar-refractivity contribution is 5.80. The van der Waals surface area contributed by atoms with Gasteiger partial charge in [-0.2, -0.15) is 0 Å². The minimum absolute atomic E-state index is 0.285. The first-order chi connectivity index (χ1) is 25.8. The van der Waals surface area contributed by atoms with Crippen molar-refractivity contribution in [3.8, 4) is 0 Å². The molecule has 1 rings (SSSR count). The Balaban J connectivity index is 2.52. The number of ether oxygens (including phenoxy) is 2. The van der Waals surface area contributed by atoms with E-state index in [-0.39, 0.29) is 13.0 Å². The number of amides is 1. The molecule has 1 aliphatic rings. The molecule has 0 aromatic carbocycles. The molecule has 8 unspecified atom stereocenters. The number of unbranched alkanes of at least 4 members (excludes halogenated alkanes) is 16. The zero-order valence-corrected chi connectivity index (χ0v) is 33.1. The molecule has 0 aliphatic carbocycles. The average molecular weight is 752 g/mol. The van der Waals surface area contributed by atoms with Crippen molar-refractivity contribution < 1.29 is 44.9 Å². The van der Waals surface area contributed by atoms with Gasteiger partial charge in [-0.05, 0) is 70.6 Å². The third kappa shape index (κ3) is 24.3. The van der Waals surface area contributed by atoms with Gasteiger partial charge in [-0.15, -0.1) is 0 Å². The Hall–Kier alpha value is -1.89. The van der Waals surface area contributed by atoms with E-state index in [4.69, 9.17) is 9.47 Å². The van der Waals surface area contributed by atoms with Crippen molar-refractivity contribution in [2.24, 2.45) is 0 Å². The quantitative estimate of drug-likeness (QED) is 0.0280. The Morgan fingerprint density at radius 2 is 1.11 bits per heavy atom. The predicted octanol–water partition coefficient (Wildman–Crippen LogP) is 6.86. The van der Waals surface area contributed by atoms with Crippen LogP contribution in [0, 0.1) is 0 Å². The molecule has 0 aromatic rings. The third-order valence-corrected chi connectivity index (χ3v) is 9.71. The SMILES string of the molecule is CCCCC/C=C/CC/C=C/CC/C=C/C(O)C(COC1OC(CO)C(O)C(O)C1O)NC(=O)C(O)CCCCCC/C=C\CCCCCCCCC. The van der Waals surface area contributed by atoms with Crippen LogP contribution >= 0.6 is 0 Å². The summed E-state index contributed by atoms with van der Waals surface area (Å²) in [5.74, 6) is -0.643. The van der Waals surface area contributed by atoms with Crippen molar-refractivity contribution in [2.45, 2.75) is 204 Å². The first-order valence-corrected chi connectivity index (χ1v) is 21.0. The second kappa shape index (κ2) is 33.4. The number of rotatable bonds is 33. The Morgan fingerprint density at radius 1 is 0.642 bits per heavy atom. The number of carbonyl (C=O) groups is 1. The van der Waals surface area contributed by atoms with E-state index in [1.165, 1.54) is 64.2 Å². The fourth-order valence-corrected chi connectivity index (χ4v) is 6.19. The summed E-state index contributed by atoms with van der Waals surface area (Å²) in [4.78, 5) is 13.0. The number of aliphatic hydroxyl groups is 6. The van der Waals surface area contributed by atoms with Crippen molar-refractivity contribution in [1.29, 1.82) is 0 Å². The van der Waals surface area contributed by atoms with Crippen LogP contribution in [0.2, 0.25) is 0 Å². The lowest BCUT2D eigenvalue weighted by atomic mass is 9.99. The Kier molecular flexibility index (Phi) is 31.0. The normalized spacial score (nSPS) is 22.8. The first-order valence-electron chi connectivity index (χ1n) is 21.0. The summed E-state index contributed by atoms with van der Waals surface area (Å²) in [6.07, 6.45) is 30.5. The van der Waals surface area contributed by atoms with Gasteiger partial charge in [0.15, 0.2) is 6.29 Å². The van der Waals surface area contributed by atoms with E-state index in [0.29, 0.717) is 12.8 Å². The highest BCUT2D eigenvalue weighted by Crippen LogP contribution is 2.22. The van der Waals surface area contributed by atoms with Gasteiger partial charge in [0.1, 0.15) is 30.5 Å². The molecule has 8 atom stereocenters. The topological polar surface area (TPSA) is 169 Å². The van der Waals surface area contributed by atoms with Gasteiger partial charge in [-0.3, -0.25) is 4.79 Å². The lowest BCUT2D eigenvalue weighted by Crippen LogP contribution is -2.60. The van der Waals surface area contributed by atoms with Crippen LogP contribution in [0.4, 0.5) is 0 Å². The first kappa shape index (κ1) is 49.1. The van der Waals surface area contributed by atoms with Crippen LogP contribution in [0.1, 0.15) is 155 Å².